The molecule has 0 aliphatic heterocycles. The van der Waals surface area contributed by atoms with Gasteiger partial charge in [-0.05, 0) is 6.07 Å². The normalized spacial score (nSPS) is 12.3. The number of oxazole rings is 1. The van der Waals surface area contributed by atoms with E-state index in [0.717, 1.165) is 13.1 Å². The third-order valence-corrected chi connectivity index (χ3v) is 3.82. The maximum absolute atomic E-state index is 14.3. The molecule has 0 saturated heterocycles. The highest BCUT2D eigenvalue weighted by Gasteiger charge is 2.40. The predicted octanol–water partition coefficient (Wildman–Crippen LogP) is 5.00. The van der Waals surface area contributed by atoms with Crippen LogP contribution in [0.1, 0.15) is 11.6 Å². The molecule has 0 saturated carbocycles. The van der Waals surface area contributed by atoms with Crippen molar-refractivity contribution in [2.75, 3.05) is 0 Å². The summed E-state index contributed by atoms with van der Waals surface area (Å²) in [6, 6.07) is 0.930. The van der Waals surface area contributed by atoms with Gasteiger partial charge in [-0.1, -0.05) is 23.2 Å². The van der Waals surface area contributed by atoms with Gasteiger partial charge in [-0.3, -0.25) is 4.68 Å². The van der Waals surface area contributed by atoms with Crippen molar-refractivity contribution in [1.82, 2.24) is 14.8 Å². The molecule has 0 aliphatic rings. The van der Waals surface area contributed by atoms with E-state index in [1.165, 1.54) is 6.92 Å². The van der Waals surface area contributed by atoms with Gasteiger partial charge in [0.1, 0.15) is 17.0 Å². The van der Waals surface area contributed by atoms with Crippen LogP contribution in [0.3, 0.4) is 0 Å². The fourth-order valence-corrected chi connectivity index (χ4v) is 2.89. The van der Waals surface area contributed by atoms with E-state index in [2.05, 4.69) is 10.1 Å². The first-order valence-electron chi connectivity index (χ1n) is 6.16. The van der Waals surface area contributed by atoms with Gasteiger partial charge in [-0.25, -0.2) is 9.37 Å². The van der Waals surface area contributed by atoms with Gasteiger partial charge in [0.25, 0.3) is 0 Å². The van der Waals surface area contributed by atoms with E-state index in [9.17, 15) is 17.6 Å². The number of aromatic nitrogens is 3. The molecule has 122 valence electrons. The number of hydrogen-bond donors (Lipinski definition) is 0. The summed E-state index contributed by atoms with van der Waals surface area (Å²) in [7, 11) is 1.06. The third kappa shape index (κ3) is 2.46. The molecule has 3 rings (SSSR count). The third-order valence-electron chi connectivity index (χ3n) is 3.17. The lowest BCUT2D eigenvalue weighted by Crippen LogP contribution is -2.12. The number of hydrogen-bond acceptors (Lipinski definition) is 3. The zero-order valence-electron chi connectivity index (χ0n) is 11.6. The Balaban J connectivity index is 2.39. The molecule has 4 nitrogen and oxygen atoms in total. The van der Waals surface area contributed by atoms with Crippen molar-refractivity contribution < 1.29 is 22.0 Å². The number of rotatable bonds is 1. The Morgan fingerprint density at radius 2 is 1.91 bits per heavy atom. The van der Waals surface area contributed by atoms with Crippen LogP contribution < -0.4 is 0 Å². The average Bonchev–Trinajstić information content (AvgIpc) is 2.90. The highest BCUT2D eigenvalue weighted by atomic mass is 35.5. The minimum Gasteiger partial charge on any atom is -0.440 e. The number of aryl methyl sites for hydroxylation is 2. The van der Waals surface area contributed by atoms with E-state index in [1.54, 1.807) is 0 Å². The second-order valence-corrected chi connectivity index (χ2v) is 5.54. The van der Waals surface area contributed by atoms with Crippen molar-refractivity contribution in [2.45, 2.75) is 13.1 Å². The van der Waals surface area contributed by atoms with Crippen LogP contribution in [0.5, 0.6) is 0 Å². The van der Waals surface area contributed by atoms with Crippen LogP contribution in [0.25, 0.3) is 22.4 Å². The topological polar surface area (TPSA) is 43.9 Å². The summed E-state index contributed by atoms with van der Waals surface area (Å²) in [6.07, 6.45) is -4.74. The molecule has 0 unspecified atom stereocenters. The first kappa shape index (κ1) is 16.1. The van der Waals surface area contributed by atoms with Crippen molar-refractivity contribution in [1.29, 1.82) is 0 Å². The molecule has 0 bridgehead atoms. The molecule has 2 heterocycles. The van der Waals surface area contributed by atoms with Crippen molar-refractivity contribution in [3.63, 3.8) is 0 Å². The van der Waals surface area contributed by atoms with Gasteiger partial charge in [-0.15, -0.1) is 0 Å². The molecule has 0 N–H and O–H groups in total. The molecule has 0 aliphatic carbocycles. The Bertz CT molecular complexity index is 930. The summed E-state index contributed by atoms with van der Waals surface area (Å²) in [5.41, 5.74) is -1.89. The second kappa shape index (κ2) is 5.10. The standard InChI is InChI=1S/C13H7Cl2F4N3O/c1-4-20-9-5(14)3-6(16)7(11(9)23-4)10-8(15)12(13(17,18)19)22(2)21-10/h3H,1-2H3. The largest absolute Gasteiger partial charge is 0.440 e. The van der Waals surface area contributed by atoms with Crippen molar-refractivity contribution >= 4 is 34.3 Å². The van der Waals surface area contributed by atoms with Gasteiger partial charge < -0.3 is 4.42 Å². The quantitative estimate of drug-likeness (QED) is 0.568. The monoisotopic (exact) mass is 367 g/mol. The van der Waals surface area contributed by atoms with Crippen molar-refractivity contribution in [3.8, 4) is 11.3 Å². The Morgan fingerprint density at radius 3 is 2.48 bits per heavy atom. The molecule has 0 spiro atoms. The van der Waals surface area contributed by atoms with Gasteiger partial charge in [0.15, 0.2) is 17.2 Å². The van der Waals surface area contributed by atoms with E-state index in [-0.39, 0.29) is 27.6 Å². The summed E-state index contributed by atoms with van der Waals surface area (Å²) in [4.78, 5) is 3.98. The summed E-state index contributed by atoms with van der Waals surface area (Å²) in [5, 5.41) is 2.94. The SMILES string of the molecule is Cc1nc2c(Cl)cc(F)c(-c3nn(C)c(C(F)(F)F)c3Cl)c2o1. The number of nitrogens with zero attached hydrogens (tertiary/aromatic N) is 3. The van der Waals surface area contributed by atoms with Crippen LogP contribution in [0.15, 0.2) is 10.5 Å². The Hall–Kier alpha value is -1.80. The zero-order valence-corrected chi connectivity index (χ0v) is 13.1. The number of alkyl halides is 3. The average molecular weight is 368 g/mol. The summed E-state index contributed by atoms with van der Waals surface area (Å²) >= 11 is 11.7. The maximum atomic E-state index is 14.3. The number of halogens is 6. The molecular formula is C13H7Cl2F4N3O. The molecule has 2 aromatic heterocycles. The van der Waals surface area contributed by atoms with Crippen LogP contribution in [0.2, 0.25) is 10.0 Å². The van der Waals surface area contributed by atoms with Crippen LogP contribution in [-0.4, -0.2) is 14.8 Å². The summed E-state index contributed by atoms with van der Waals surface area (Å²) in [5.74, 6) is -0.732. The highest BCUT2D eigenvalue weighted by molar-refractivity contribution is 6.36. The van der Waals surface area contributed by atoms with Crippen molar-refractivity contribution in [2.24, 2.45) is 7.05 Å². The smallest absolute Gasteiger partial charge is 0.434 e. The lowest BCUT2D eigenvalue weighted by molar-refractivity contribution is -0.143. The van der Waals surface area contributed by atoms with E-state index >= 15 is 0 Å². The van der Waals surface area contributed by atoms with E-state index in [1.807, 2.05) is 0 Å². The van der Waals surface area contributed by atoms with Crippen LogP contribution in [0, 0.1) is 12.7 Å². The van der Waals surface area contributed by atoms with Gasteiger partial charge >= 0.3 is 6.18 Å². The highest BCUT2D eigenvalue weighted by Crippen LogP contribution is 2.43. The minimum atomic E-state index is -4.74. The predicted molar refractivity (Wildman–Crippen MR) is 75.9 cm³/mol. The molecular weight excluding hydrogens is 361 g/mol. The fraction of sp³-hybridized carbons (Fsp3) is 0.231. The lowest BCUT2D eigenvalue weighted by Gasteiger charge is -2.06. The molecule has 1 aromatic carbocycles. The molecule has 3 aromatic rings. The van der Waals surface area contributed by atoms with Gasteiger partial charge in [0, 0.05) is 14.0 Å². The van der Waals surface area contributed by atoms with E-state index < -0.39 is 28.4 Å². The van der Waals surface area contributed by atoms with Gasteiger partial charge in [0.2, 0.25) is 0 Å². The molecule has 0 amide bonds. The first-order valence-corrected chi connectivity index (χ1v) is 6.92. The number of fused-ring (bicyclic) bond motifs is 1. The van der Waals surface area contributed by atoms with E-state index in [4.69, 9.17) is 27.6 Å². The number of benzene rings is 1. The Kier molecular flexibility index (Phi) is 3.57. The maximum Gasteiger partial charge on any atom is 0.434 e. The fourth-order valence-electron chi connectivity index (χ4n) is 2.31. The molecule has 0 fully saturated rings. The van der Waals surface area contributed by atoms with Crippen LogP contribution >= 0.6 is 23.2 Å². The first-order chi connectivity index (χ1) is 10.6. The van der Waals surface area contributed by atoms with Crippen LogP contribution in [-0.2, 0) is 13.2 Å². The summed E-state index contributed by atoms with van der Waals surface area (Å²) in [6.45, 7) is 1.50. The minimum absolute atomic E-state index is 0.0267. The Labute approximate surface area is 136 Å². The van der Waals surface area contributed by atoms with Gasteiger partial charge in [-0.2, -0.15) is 18.3 Å². The van der Waals surface area contributed by atoms with Crippen LogP contribution in [0.4, 0.5) is 17.6 Å². The van der Waals surface area contributed by atoms with Gasteiger partial charge in [0.05, 0.1) is 15.6 Å². The summed E-state index contributed by atoms with van der Waals surface area (Å²) < 4.78 is 59.2. The molecule has 0 atom stereocenters. The Morgan fingerprint density at radius 1 is 1.26 bits per heavy atom. The second-order valence-electron chi connectivity index (χ2n) is 4.76. The molecule has 0 radical (unpaired) electrons. The van der Waals surface area contributed by atoms with E-state index in [0.29, 0.717) is 4.68 Å². The molecule has 10 heteroatoms. The zero-order chi connectivity index (χ0) is 17.1. The van der Waals surface area contributed by atoms with Crippen molar-refractivity contribution in [3.05, 3.63) is 33.5 Å². The molecule has 23 heavy (non-hydrogen) atoms. The lowest BCUT2D eigenvalue weighted by atomic mass is 10.1.